The van der Waals surface area contributed by atoms with Gasteiger partial charge in [-0.3, -0.25) is 4.79 Å². The number of carbonyl (C=O) groups excluding carboxylic acids is 1. The van der Waals surface area contributed by atoms with Gasteiger partial charge in [0.05, 0.1) is 17.4 Å². The zero-order chi connectivity index (χ0) is 15.3. The minimum atomic E-state index is -0.796. The maximum absolute atomic E-state index is 12.4. The van der Waals surface area contributed by atoms with Gasteiger partial charge in [-0.15, -0.1) is 0 Å². The molecule has 1 fully saturated rings. The summed E-state index contributed by atoms with van der Waals surface area (Å²) in [5, 5.41) is 18.0. The number of nitriles is 1. The summed E-state index contributed by atoms with van der Waals surface area (Å²) in [7, 11) is 0. The first-order chi connectivity index (χ1) is 9.34. The van der Waals surface area contributed by atoms with Crippen LogP contribution in [-0.2, 0) is 4.79 Å². The van der Waals surface area contributed by atoms with E-state index < -0.39 is 11.4 Å². The summed E-state index contributed by atoms with van der Waals surface area (Å²) < 4.78 is 0. The highest BCUT2D eigenvalue weighted by molar-refractivity contribution is 5.77. The molecule has 1 atom stereocenters. The average Bonchev–Trinajstić information content (AvgIpc) is 2.44. The van der Waals surface area contributed by atoms with Crippen molar-refractivity contribution in [3.05, 3.63) is 0 Å². The second-order valence-electron chi connectivity index (χ2n) is 5.70. The van der Waals surface area contributed by atoms with Gasteiger partial charge in [0.1, 0.15) is 0 Å². The lowest BCUT2D eigenvalue weighted by molar-refractivity contribution is -0.150. The number of hydrogen-bond donors (Lipinski definition) is 1. The second-order valence-corrected chi connectivity index (χ2v) is 5.70. The molecule has 1 aliphatic heterocycles. The molecule has 1 aliphatic rings. The largest absolute Gasteiger partial charge is 0.481 e. The maximum atomic E-state index is 12.4. The Labute approximate surface area is 120 Å². The van der Waals surface area contributed by atoms with E-state index in [1.807, 2.05) is 6.92 Å². The fourth-order valence-corrected chi connectivity index (χ4v) is 2.32. The highest BCUT2D eigenvalue weighted by Gasteiger charge is 2.38. The third-order valence-electron chi connectivity index (χ3n) is 4.02. The number of urea groups is 1. The van der Waals surface area contributed by atoms with E-state index in [1.165, 1.54) is 0 Å². The van der Waals surface area contributed by atoms with Crippen LogP contribution >= 0.6 is 0 Å². The number of carboxylic acid groups (broad SMARTS) is 1. The molecule has 6 nitrogen and oxygen atoms in total. The van der Waals surface area contributed by atoms with E-state index in [4.69, 9.17) is 5.26 Å². The molecular formula is C14H23N3O3. The molecule has 1 heterocycles. The van der Waals surface area contributed by atoms with Gasteiger partial charge in [0.15, 0.2) is 0 Å². The summed E-state index contributed by atoms with van der Waals surface area (Å²) in [5.74, 6) is -0.997. The Bertz CT molecular complexity index is 408. The van der Waals surface area contributed by atoms with Gasteiger partial charge in [-0.2, -0.15) is 5.26 Å². The van der Waals surface area contributed by atoms with Crippen LogP contribution in [0.25, 0.3) is 0 Å². The van der Waals surface area contributed by atoms with Crippen molar-refractivity contribution in [2.45, 2.75) is 33.6 Å². The van der Waals surface area contributed by atoms with Crippen LogP contribution in [0.5, 0.6) is 0 Å². The first-order valence-corrected chi connectivity index (χ1v) is 7.01. The van der Waals surface area contributed by atoms with Gasteiger partial charge in [0, 0.05) is 26.2 Å². The van der Waals surface area contributed by atoms with Gasteiger partial charge in [-0.05, 0) is 33.6 Å². The van der Waals surface area contributed by atoms with Crippen molar-refractivity contribution in [2.24, 2.45) is 11.3 Å². The Morgan fingerprint density at radius 3 is 2.40 bits per heavy atom. The molecule has 0 aromatic carbocycles. The van der Waals surface area contributed by atoms with E-state index in [2.05, 4.69) is 6.07 Å². The second kappa shape index (κ2) is 6.60. The molecule has 1 N–H and O–H groups in total. The fraction of sp³-hybridized carbons (Fsp3) is 0.786. The highest BCUT2D eigenvalue weighted by atomic mass is 16.4. The van der Waals surface area contributed by atoms with E-state index in [9.17, 15) is 14.7 Å². The van der Waals surface area contributed by atoms with Crippen LogP contribution in [0.15, 0.2) is 0 Å². The Morgan fingerprint density at radius 1 is 1.45 bits per heavy atom. The molecule has 0 radical (unpaired) electrons. The van der Waals surface area contributed by atoms with Crippen LogP contribution in [0, 0.1) is 22.7 Å². The van der Waals surface area contributed by atoms with Crippen molar-refractivity contribution in [3.8, 4) is 6.07 Å². The standard InChI is InChI=1S/C14H23N3O3/c1-4-16(10-11(2)9-15)13(20)17-7-5-14(3,6-8-17)12(18)19/h11H,4-8,10H2,1-3H3,(H,18,19). The molecule has 2 amide bonds. The van der Waals surface area contributed by atoms with Gasteiger partial charge < -0.3 is 14.9 Å². The topological polar surface area (TPSA) is 84.6 Å². The lowest BCUT2D eigenvalue weighted by Gasteiger charge is -2.38. The molecule has 112 valence electrons. The van der Waals surface area contributed by atoms with E-state index in [0.717, 1.165) is 0 Å². The predicted molar refractivity (Wildman–Crippen MR) is 74.0 cm³/mol. The monoisotopic (exact) mass is 281 g/mol. The molecule has 1 rings (SSSR count). The van der Waals surface area contributed by atoms with Crippen molar-refractivity contribution < 1.29 is 14.7 Å². The van der Waals surface area contributed by atoms with E-state index in [1.54, 1.807) is 23.6 Å². The number of carboxylic acids is 1. The Kier molecular flexibility index (Phi) is 5.37. The quantitative estimate of drug-likeness (QED) is 0.851. The maximum Gasteiger partial charge on any atom is 0.320 e. The first-order valence-electron chi connectivity index (χ1n) is 7.01. The number of aliphatic carboxylic acids is 1. The Morgan fingerprint density at radius 2 is 2.00 bits per heavy atom. The summed E-state index contributed by atoms with van der Waals surface area (Å²) in [6.07, 6.45) is 0.943. The zero-order valence-electron chi connectivity index (χ0n) is 12.4. The molecule has 20 heavy (non-hydrogen) atoms. The molecule has 0 aromatic rings. The van der Waals surface area contributed by atoms with Crippen molar-refractivity contribution in [3.63, 3.8) is 0 Å². The van der Waals surface area contributed by atoms with E-state index in [0.29, 0.717) is 39.0 Å². The lowest BCUT2D eigenvalue weighted by Crippen LogP contribution is -2.50. The van der Waals surface area contributed by atoms with Gasteiger partial charge in [-0.1, -0.05) is 0 Å². The van der Waals surface area contributed by atoms with Gasteiger partial charge in [0.2, 0.25) is 0 Å². The third-order valence-corrected chi connectivity index (χ3v) is 4.02. The van der Waals surface area contributed by atoms with Crippen molar-refractivity contribution in [1.29, 1.82) is 5.26 Å². The molecule has 0 aromatic heterocycles. The number of rotatable bonds is 4. The lowest BCUT2D eigenvalue weighted by atomic mass is 9.80. The molecule has 6 heteroatoms. The zero-order valence-corrected chi connectivity index (χ0v) is 12.4. The Balaban J connectivity index is 2.61. The van der Waals surface area contributed by atoms with E-state index >= 15 is 0 Å². The highest BCUT2D eigenvalue weighted by Crippen LogP contribution is 2.31. The van der Waals surface area contributed by atoms with Gasteiger partial charge in [-0.25, -0.2) is 4.79 Å². The number of amides is 2. The third kappa shape index (κ3) is 3.62. The SMILES string of the molecule is CCN(CC(C)C#N)C(=O)N1CCC(C)(C(=O)O)CC1. The normalized spacial score (nSPS) is 19.0. The number of carbonyl (C=O) groups is 2. The van der Waals surface area contributed by atoms with Crippen LogP contribution in [-0.4, -0.2) is 53.1 Å². The number of nitrogens with zero attached hydrogens (tertiary/aromatic N) is 3. The molecule has 0 bridgehead atoms. The number of likely N-dealkylation sites (tertiary alicyclic amines) is 1. The molecule has 0 aliphatic carbocycles. The summed E-state index contributed by atoms with van der Waals surface area (Å²) in [6.45, 7) is 7.28. The van der Waals surface area contributed by atoms with Crippen LogP contribution in [0.1, 0.15) is 33.6 Å². The minimum absolute atomic E-state index is 0.0953. The molecule has 1 unspecified atom stereocenters. The summed E-state index contributed by atoms with van der Waals surface area (Å²) >= 11 is 0. The number of hydrogen-bond acceptors (Lipinski definition) is 3. The summed E-state index contributed by atoms with van der Waals surface area (Å²) in [5.41, 5.74) is -0.728. The molecule has 0 saturated carbocycles. The molecular weight excluding hydrogens is 258 g/mol. The van der Waals surface area contributed by atoms with Gasteiger partial charge >= 0.3 is 12.0 Å². The van der Waals surface area contributed by atoms with Crippen LogP contribution in [0.2, 0.25) is 0 Å². The smallest absolute Gasteiger partial charge is 0.320 e. The molecule has 1 saturated heterocycles. The van der Waals surface area contributed by atoms with Crippen molar-refractivity contribution in [1.82, 2.24) is 9.80 Å². The summed E-state index contributed by atoms with van der Waals surface area (Å²) in [6, 6.07) is 2.03. The molecule has 0 spiro atoms. The van der Waals surface area contributed by atoms with Crippen molar-refractivity contribution in [2.75, 3.05) is 26.2 Å². The summed E-state index contributed by atoms with van der Waals surface area (Å²) in [4.78, 5) is 26.9. The minimum Gasteiger partial charge on any atom is -0.481 e. The van der Waals surface area contributed by atoms with Crippen LogP contribution in [0.3, 0.4) is 0 Å². The van der Waals surface area contributed by atoms with Crippen molar-refractivity contribution >= 4 is 12.0 Å². The van der Waals surface area contributed by atoms with Gasteiger partial charge in [0.25, 0.3) is 0 Å². The predicted octanol–water partition coefficient (Wildman–Crippen LogP) is 1.77. The average molecular weight is 281 g/mol. The fourth-order valence-electron chi connectivity index (χ4n) is 2.32. The first kappa shape index (κ1) is 16.3. The Hall–Kier alpha value is -1.77. The number of piperidine rings is 1. The van der Waals surface area contributed by atoms with Crippen LogP contribution in [0.4, 0.5) is 4.79 Å². The van der Waals surface area contributed by atoms with Crippen LogP contribution < -0.4 is 0 Å². The van der Waals surface area contributed by atoms with E-state index in [-0.39, 0.29) is 11.9 Å².